The van der Waals surface area contributed by atoms with E-state index >= 15 is 0 Å². The summed E-state index contributed by atoms with van der Waals surface area (Å²) < 4.78 is 0. The fraction of sp³-hybridized carbons (Fsp3) is 0.695. The van der Waals surface area contributed by atoms with Crippen LogP contribution in [0.2, 0.25) is 0 Å². The monoisotopic (exact) mass is 831 g/mol. The summed E-state index contributed by atoms with van der Waals surface area (Å²) in [5, 5.41) is 40.1. The van der Waals surface area contributed by atoms with Crippen LogP contribution >= 0.6 is 0 Å². The topological polar surface area (TPSA) is 60.7 Å². The maximum atomic E-state index is 13.4. The summed E-state index contributed by atoms with van der Waals surface area (Å²) in [5.74, 6) is 0.723. The molecule has 12 aliphatic rings. The largest absolute Gasteiger partial charge is 0.507 e. The van der Waals surface area contributed by atoms with Crippen LogP contribution in [0.1, 0.15) is 208 Å². The van der Waals surface area contributed by atoms with Crippen molar-refractivity contribution in [2.75, 3.05) is 0 Å². The molecule has 12 saturated carbocycles. The molecule has 0 heterocycles. The average Bonchev–Trinajstić information content (AvgIpc) is 3.06. The Bertz CT molecular complexity index is 2460. The lowest BCUT2D eigenvalue weighted by Crippen LogP contribution is -2.98. The standard InChI is InChI=1S/C59H74O3/c1-33-13-36(43(60)39(16-33)55-22-46(4)19-47(5,23-55)21-48(6,20-46)24-55)42(37-14-34(2)17-40(44(37)61)56-29-51(9)25-49(7)26-52(10,30-56)58(49,51)56)38-15-35(3)18-41(45(38)62)57-31-53(11)27-50(8)28-54(12,32-57)59(50,53)57/h13-18,42,60-62H,19-32H2,1-12H3. The fourth-order valence-corrected chi connectivity index (χ4v) is 27.8. The lowest BCUT2D eigenvalue weighted by atomic mass is 9.00. The van der Waals surface area contributed by atoms with Gasteiger partial charge in [-0.1, -0.05) is 115 Å². The van der Waals surface area contributed by atoms with Gasteiger partial charge in [0.15, 0.2) is 0 Å². The summed E-state index contributed by atoms with van der Waals surface area (Å²) in [7, 11) is 0. The van der Waals surface area contributed by atoms with Crippen LogP contribution in [-0.4, -0.2) is 15.3 Å². The Morgan fingerprint density at radius 1 is 0.355 bits per heavy atom. The number of aromatic hydroxyl groups is 3. The molecule has 2 spiro atoms. The maximum Gasteiger partial charge on any atom is 0.123 e. The van der Waals surface area contributed by atoms with Gasteiger partial charge in [0.2, 0.25) is 0 Å². The van der Waals surface area contributed by atoms with Crippen molar-refractivity contribution in [3.63, 3.8) is 0 Å². The molecular weight excluding hydrogens is 757 g/mol. The van der Waals surface area contributed by atoms with Gasteiger partial charge in [-0.2, -0.15) is 0 Å². The molecule has 4 unspecified atom stereocenters. The Balaban J connectivity index is 0.998. The van der Waals surface area contributed by atoms with Gasteiger partial charge in [-0.05, 0) is 170 Å². The normalized spacial score (nSPS) is 54.6. The summed E-state index contributed by atoms with van der Waals surface area (Å²) in [6.45, 7) is 29.6. The van der Waals surface area contributed by atoms with Crippen LogP contribution < -0.4 is 0 Å². The van der Waals surface area contributed by atoms with E-state index in [-0.39, 0.29) is 43.3 Å². The molecule has 3 heteroatoms. The van der Waals surface area contributed by atoms with E-state index in [1.54, 1.807) is 0 Å². The van der Waals surface area contributed by atoms with Crippen molar-refractivity contribution < 1.29 is 15.3 Å². The highest BCUT2D eigenvalue weighted by Gasteiger charge is 3.01. The molecule has 3 N–H and O–H groups in total. The Morgan fingerprint density at radius 2 is 0.629 bits per heavy atom. The zero-order valence-electron chi connectivity index (χ0n) is 40.3. The molecule has 62 heavy (non-hydrogen) atoms. The third kappa shape index (κ3) is 3.36. The third-order valence-electron chi connectivity index (χ3n) is 24.0. The lowest BCUT2D eigenvalue weighted by Gasteiger charge is -3.03. The molecule has 0 aromatic heterocycles. The summed E-state index contributed by atoms with van der Waals surface area (Å²) in [6.07, 6.45) is 17.0. The lowest BCUT2D eigenvalue weighted by molar-refractivity contribution is -0.522. The molecule has 0 amide bonds. The van der Waals surface area contributed by atoms with Gasteiger partial charge in [0.05, 0.1) is 0 Å². The molecule has 4 bridgehead atoms. The van der Waals surface area contributed by atoms with E-state index in [4.69, 9.17) is 0 Å². The van der Waals surface area contributed by atoms with Crippen LogP contribution in [0.25, 0.3) is 0 Å². The number of phenols is 3. The van der Waals surface area contributed by atoms with Crippen molar-refractivity contribution in [1.82, 2.24) is 0 Å². The van der Waals surface area contributed by atoms with Crippen molar-refractivity contribution in [3.05, 3.63) is 86.5 Å². The number of phenolic OH excluding ortho intramolecular Hbond substituents is 3. The van der Waals surface area contributed by atoms with Crippen LogP contribution in [0.5, 0.6) is 17.2 Å². The summed E-state index contributed by atoms with van der Waals surface area (Å²) in [5.41, 5.74) is 12.6. The Morgan fingerprint density at radius 3 is 0.919 bits per heavy atom. The van der Waals surface area contributed by atoms with Crippen molar-refractivity contribution in [1.29, 1.82) is 0 Å². The number of hydrogen-bond donors (Lipinski definition) is 3. The molecule has 15 rings (SSSR count). The van der Waals surface area contributed by atoms with Crippen LogP contribution in [0, 0.1) is 80.3 Å². The number of hydrogen-bond acceptors (Lipinski definition) is 3. The van der Waals surface area contributed by atoms with Crippen LogP contribution in [0.4, 0.5) is 0 Å². The SMILES string of the molecule is Cc1cc(C(c2cc(C)cc(C34CC5(C)CC6(C)CC(C)(C3)C654)c2O)c2cc(C)cc(C34CC5(C)CC6(C)CC(C)(C3)C654)c2O)c(O)c(C23CC4(C)CC(C)(CC(C)(C4)C2)C3)c1. The Hall–Kier alpha value is -2.94. The first-order valence-electron chi connectivity index (χ1n) is 25.2. The minimum absolute atomic E-state index is 0.0277. The van der Waals surface area contributed by atoms with Gasteiger partial charge >= 0.3 is 0 Å². The highest BCUT2D eigenvalue weighted by atomic mass is 16.3. The van der Waals surface area contributed by atoms with E-state index in [9.17, 15) is 15.3 Å². The molecule has 0 radical (unpaired) electrons. The number of benzene rings is 3. The van der Waals surface area contributed by atoms with E-state index in [1.165, 1.54) is 56.1 Å². The molecule has 328 valence electrons. The molecular formula is C59H74O3. The maximum absolute atomic E-state index is 13.4. The molecule has 12 aliphatic carbocycles. The second-order valence-corrected chi connectivity index (χ2v) is 29.4. The van der Waals surface area contributed by atoms with Crippen molar-refractivity contribution in [2.45, 2.75) is 195 Å². The van der Waals surface area contributed by atoms with Crippen molar-refractivity contribution >= 4 is 0 Å². The highest BCUT2D eigenvalue weighted by molar-refractivity contribution is 5.69. The smallest absolute Gasteiger partial charge is 0.123 e. The quantitative estimate of drug-likeness (QED) is 0.217. The second-order valence-electron chi connectivity index (χ2n) is 29.4. The molecule has 0 aliphatic heterocycles. The van der Waals surface area contributed by atoms with Gasteiger partial charge in [0.25, 0.3) is 0 Å². The van der Waals surface area contributed by atoms with E-state index in [2.05, 4.69) is 119 Å². The molecule has 3 nitrogen and oxygen atoms in total. The minimum Gasteiger partial charge on any atom is -0.507 e. The molecule has 4 atom stereocenters. The summed E-state index contributed by atoms with van der Waals surface area (Å²) in [4.78, 5) is 0. The minimum atomic E-state index is -0.524. The number of aryl methyl sites for hydroxylation is 3. The van der Waals surface area contributed by atoms with Gasteiger partial charge in [0.1, 0.15) is 17.2 Å². The first-order valence-corrected chi connectivity index (χ1v) is 25.2. The Labute approximate surface area is 372 Å². The molecule has 12 fully saturated rings. The summed E-state index contributed by atoms with van der Waals surface area (Å²) in [6, 6.07) is 13.7. The van der Waals surface area contributed by atoms with E-state index in [0.29, 0.717) is 49.7 Å². The Kier molecular flexibility index (Phi) is 5.96. The van der Waals surface area contributed by atoms with Crippen molar-refractivity contribution in [3.8, 4) is 17.2 Å². The summed E-state index contributed by atoms with van der Waals surface area (Å²) >= 11 is 0. The number of rotatable bonds is 6. The molecule has 3 aromatic rings. The molecule has 0 saturated heterocycles. The van der Waals surface area contributed by atoms with Gasteiger partial charge < -0.3 is 15.3 Å². The van der Waals surface area contributed by atoms with Crippen LogP contribution in [0.3, 0.4) is 0 Å². The zero-order chi connectivity index (χ0) is 43.6. The van der Waals surface area contributed by atoms with Crippen LogP contribution in [0.15, 0.2) is 36.4 Å². The van der Waals surface area contributed by atoms with E-state index in [1.807, 2.05) is 0 Å². The van der Waals surface area contributed by atoms with Gasteiger partial charge in [0, 0.05) is 55.5 Å². The van der Waals surface area contributed by atoms with Crippen molar-refractivity contribution in [2.24, 2.45) is 59.6 Å². The fourth-order valence-electron chi connectivity index (χ4n) is 27.8. The average molecular weight is 831 g/mol. The van der Waals surface area contributed by atoms with E-state index < -0.39 is 5.92 Å². The zero-order valence-corrected chi connectivity index (χ0v) is 40.3. The third-order valence-corrected chi connectivity index (χ3v) is 24.0. The predicted octanol–water partition coefficient (Wildman–Crippen LogP) is 14.3. The van der Waals surface area contributed by atoms with Gasteiger partial charge in [-0.25, -0.2) is 0 Å². The highest BCUT2D eigenvalue weighted by Crippen LogP contribution is 3.06. The first-order chi connectivity index (χ1) is 28.6. The second kappa shape index (κ2) is 9.64. The predicted molar refractivity (Wildman–Crippen MR) is 247 cm³/mol. The van der Waals surface area contributed by atoms with Gasteiger partial charge in [-0.3, -0.25) is 0 Å². The van der Waals surface area contributed by atoms with Crippen LogP contribution in [-0.2, 0) is 16.2 Å². The van der Waals surface area contributed by atoms with E-state index in [0.717, 1.165) is 83.9 Å². The molecule has 3 aromatic carbocycles. The first kappa shape index (κ1) is 38.3. The van der Waals surface area contributed by atoms with Gasteiger partial charge in [-0.15, -0.1) is 0 Å².